The Bertz CT molecular complexity index is 1310. The second-order valence-electron chi connectivity index (χ2n) is 8.39. The van der Waals surface area contributed by atoms with E-state index in [0.717, 1.165) is 25.0 Å². The quantitative estimate of drug-likeness (QED) is 0.505. The van der Waals surface area contributed by atoms with E-state index in [1.165, 1.54) is 38.7 Å². The molecule has 2 saturated heterocycles. The lowest BCUT2D eigenvalue weighted by Gasteiger charge is -2.29. The first kappa shape index (κ1) is 23.3. The van der Waals surface area contributed by atoms with E-state index < -0.39 is 33.6 Å². The molecule has 0 bridgehead atoms. The highest BCUT2D eigenvalue weighted by molar-refractivity contribution is 7.89. The van der Waals surface area contributed by atoms with Crippen molar-refractivity contribution < 1.29 is 26.7 Å². The highest BCUT2D eigenvalue weighted by atomic mass is 32.2. The van der Waals surface area contributed by atoms with Crippen LogP contribution in [0.5, 0.6) is 0 Å². The molecule has 3 heterocycles. The predicted molar refractivity (Wildman–Crippen MR) is 124 cm³/mol. The van der Waals surface area contributed by atoms with Crippen molar-refractivity contribution in [2.45, 2.75) is 42.7 Å². The molecule has 2 unspecified atom stereocenters. The highest BCUT2D eigenvalue weighted by Crippen LogP contribution is 2.34. The monoisotopic (exact) mass is 507 g/mol. The second-order valence-corrected chi connectivity index (χ2v) is 11.3. The lowest BCUT2D eigenvalue weighted by Crippen LogP contribution is -2.49. The minimum atomic E-state index is -4.01. The zero-order chi connectivity index (χ0) is 23.9. The van der Waals surface area contributed by atoms with Crippen LogP contribution in [0.15, 0.2) is 47.4 Å². The van der Waals surface area contributed by atoms with Gasteiger partial charge in [-0.1, -0.05) is 17.4 Å². The highest BCUT2D eigenvalue weighted by Gasteiger charge is 2.42. The first-order valence-corrected chi connectivity index (χ1v) is 13.4. The first-order chi connectivity index (χ1) is 16.3. The molecule has 0 spiro atoms. The number of thiazole rings is 1. The maximum absolute atomic E-state index is 14.3. The molecule has 2 fully saturated rings. The van der Waals surface area contributed by atoms with Crippen LogP contribution in [0, 0.1) is 11.6 Å². The number of anilines is 1. The molecule has 3 aromatic rings. The number of hydrogen-bond acceptors (Lipinski definition) is 6. The van der Waals surface area contributed by atoms with Crippen LogP contribution in [0.4, 0.5) is 13.9 Å². The van der Waals surface area contributed by atoms with Crippen molar-refractivity contribution in [3.63, 3.8) is 0 Å². The smallest absolute Gasteiger partial charge is 0.247 e. The number of hydrogen-bond donors (Lipinski definition) is 0. The SMILES string of the molecule is O=C(C1CCCN1S(=O)(=O)c1ccc(F)cc1)N(CC1CCCO1)c1nc2c(F)cccc2s1. The van der Waals surface area contributed by atoms with E-state index in [0.29, 0.717) is 29.3 Å². The van der Waals surface area contributed by atoms with Gasteiger partial charge in [0.15, 0.2) is 5.13 Å². The largest absolute Gasteiger partial charge is 0.376 e. The molecule has 0 N–H and O–H groups in total. The van der Waals surface area contributed by atoms with Gasteiger partial charge in [-0.2, -0.15) is 4.31 Å². The Morgan fingerprint density at radius 1 is 1.15 bits per heavy atom. The fourth-order valence-electron chi connectivity index (χ4n) is 4.47. The Morgan fingerprint density at radius 3 is 2.65 bits per heavy atom. The molecule has 34 heavy (non-hydrogen) atoms. The van der Waals surface area contributed by atoms with Crippen LogP contribution in [0.1, 0.15) is 25.7 Å². The van der Waals surface area contributed by atoms with Crippen molar-refractivity contribution in [1.82, 2.24) is 9.29 Å². The summed E-state index contributed by atoms with van der Waals surface area (Å²) in [5.74, 6) is -1.44. The molecule has 2 atom stereocenters. The van der Waals surface area contributed by atoms with Gasteiger partial charge in [0.25, 0.3) is 0 Å². The number of nitrogens with zero attached hydrogens (tertiary/aromatic N) is 3. The normalized spacial score (nSPS) is 21.4. The van der Waals surface area contributed by atoms with E-state index in [2.05, 4.69) is 4.98 Å². The standard InChI is InChI=1S/C23H23F2N3O4S2/c24-15-8-10-17(11-9-15)34(30,31)28-12-2-6-19(28)22(29)27(14-16-4-3-13-32-16)23-26-21-18(25)5-1-7-20(21)33-23/h1,5,7-11,16,19H,2-4,6,12-14H2. The van der Waals surface area contributed by atoms with E-state index in [9.17, 15) is 22.0 Å². The van der Waals surface area contributed by atoms with Gasteiger partial charge in [-0.15, -0.1) is 0 Å². The van der Waals surface area contributed by atoms with Gasteiger partial charge in [-0.05, 0) is 62.1 Å². The Hall–Kier alpha value is -2.47. The fraction of sp³-hybridized carbons (Fsp3) is 0.391. The summed E-state index contributed by atoms with van der Waals surface area (Å²) in [6.07, 6.45) is 2.30. The number of amides is 1. The number of ether oxygens (including phenoxy) is 1. The third-order valence-corrected chi connectivity index (χ3v) is 9.14. The number of benzene rings is 2. The molecule has 0 saturated carbocycles. The van der Waals surface area contributed by atoms with Crippen molar-refractivity contribution in [3.8, 4) is 0 Å². The van der Waals surface area contributed by atoms with Crippen LogP contribution in [0.3, 0.4) is 0 Å². The molecular weight excluding hydrogens is 484 g/mol. The summed E-state index contributed by atoms with van der Waals surface area (Å²) in [5, 5.41) is 0.312. The Kier molecular flexibility index (Phi) is 6.36. The van der Waals surface area contributed by atoms with Gasteiger partial charge < -0.3 is 4.74 Å². The maximum atomic E-state index is 14.3. The summed E-state index contributed by atoms with van der Waals surface area (Å²) in [6, 6.07) is 8.25. The number of fused-ring (bicyclic) bond motifs is 1. The van der Waals surface area contributed by atoms with Crippen LogP contribution in [-0.2, 0) is 19.6 Å². The molecule has 180 valence electrons. The minimum absolute atomic E-state index is 0.0682. The van der Waals surface area contributed by atoms with Crippen molar-refractivity contribution in [1.29, 1.82) is 0 Å². The molecule has 2 aliphatic heterocycles. The topological polar surface area (TPSA) is 79.8 Å². The number of halogens is 2. The molecule has 2 aromatic carbocycles. The molecule has 7 nitrogen and oxygen atoms in total. The number of rotatable bonds is 6. The lowest BCUT2D eigenvalue weighted by atomic mass is 10.2. The molecule has 0 aliphatic carbocycles. The molecule has 1 amide bonds. The number of carbonyl (C=O) groups is 1. The van der Waals surface area contributed by atoms with Crippen molar-refractivity contribution >= 4 is 42.6 Å². The van der Waals surface area contributed by atoms with Crippen molar-refractivity contribution in [3.05, 3.63) is 54.1 Å². The first-order valence-electron chi connectivity index (χ1n) is 11.1. The third kappa shape index (κ3) is 4.33. The summed E-state index contributed by atoms with van der Waals surface area (Å²) < 4.78 is 61.8. The zero-order valence-electron chi connectivity index (χ0n) is 18.2. The van der Waals surface area contributed by atoms with Gasteiger partial charge in [0, 0.05) is 13.2 Å². The van der Waals surface area contributed by atoms with Crippen molar-refractivity contribution in [2.75, 3.05) is 24.6 Å². The predicted octanol–water partition coefficient (Wildman–Crippen LogP) is 3.94. The molecule has 2 aliphatic rings. The van der Waals surface area contributed by atoms with Crippen LogP contribution in [0.25, 0.3) is 10.2 Å². The van der Waals surface area contributed by atoms with Gasteiger partial charge >= 0.3 is 0 Å². The Morgan fingerprint density at radius 2 is 1.94 bits per heavy atom. The van der Waals surface area contributed by atoms with Gasteiger partial charge in [-0.25, -0.2) is 22.2 Å². The molecule has 5 rings (SSSR count). The van der Waals surface area contributed by atoms with E-state index in [4.69, 9.17) is 4.74 Å². The molecule has 1 aromatic heterocycles. The van der Waals surface area contributed by atoms with Gasteiger partial charge in [0.1, 0.15) is 23.2 Å². The number of sulfonamides is 1. The molecule has 11 heteroatoms. The summed E-state index contributed by atoms with van der Waals surface area (Å²) in [5.41, 5.74) is 0.176. The van der Waals surface area contributed by atoms with Crippen LogP contribution in [-0.4, -0.2) is 55.5 Å². The Balaban J connectivity index is 1.49. The van der Waals surface area contributed by atoms with Crippen LogP contribution >= 0.6 is 11.3 Å². The average molecular weight is 508 g/mol. The van der Waals surface area contributed by atoms with Gasteiger partial charge in [0.2, 0.25) is 15.9 Å². The summed E-state index contributed by atoms with van der Waals surface area (Å²) in [4.78, 5) is 19.6. The summed E-state index contributed by atoms with van der Waals surface area (Å²) in [6.45, 7) is 0.981. The number of aromatic nitrogens is 1. The van der Waals surface area contributed by atoms with E-state index in [1.54, 1.807) is 12.1 Å². The number of carbonyl (C=O) groups excluding carboxylic acids is 1. The minimum Gasteiger partial charge on any atom is -0.376 e. The maximum Gasteiger partial charge on any atom is 0.247 e. The summed E-state index contributed by atoms with van der Waals surface area (Å²) >= 11 is 1.19. The second kappa shape index (κ2) is 9.29. The van der Waals surface area contributed by atoms with Gasteiger partial charge in [-0.3, -0.25) is 9.69 Å². The third-order valence-electron chi connectivity index (χ3n) is 6.17. The lowest BCUT2D eigenvalue weighted by molar-refractivity contribution is -0.122. The fourth-order valence-corrected chi connectivity index (χ4v) is 7.12. The zero-order valence-corrected chi connectivity index (χ0v) is 19.8. The van der Waals surface area contributed by atoms with Crippen LogP contribution < -0.4 is 4.90 Å². The number of para-hydroxylation sites is 1. The van der Waals surface area contributed by atoms with E-state index in [-0.39, 0.29) is 29.6 Å². The van der Waals surface area contributed by atoms with Crippen molar-refractivity contribution in [2.24, 2.45) is 0 Å². The van der Waals surface area contributed by atoms with E-state index in [1.807, 2.05) is 0 Å². The molecular formula is C23H23F2N3O4S2. The van der Waals surface area contributed by atoms with E-state index >= 15 is 0 Å². The molecule has 0 radical (unpaired) electrons. The summed E-state index contributed by atoms with van der Waals surface area (Å²) in [7, 11) is -4.01. The average Bonchev–Trinajstić information content (AvgIpc) is 3.58. The van der Waals surface area contributed by atoms with Crippen LogP contribution in [0.2, 0.25) is 0 Å². The van der Waals surface area contributed by atoms with Gasteiger partial charge in [0.05, 0.1) is 22.2 Å². The Labute approximate surface area is 200 Å².